The fraction of sp³-hybridized carbons (Fsp3) is 0.577. The number of nitrogens with one attached hydrogen (secondary N) is 1. The van der Waals surface area contributed by atoms with Crippen molar-refractivity contribution in [3.63, 3.8) is 0 Å². The fourth-order valence-corrected chi connectivity index (χ4v) is 5.57. The summed E-state index contributed by atoms with van der Waals surface area (Å²) in [4.78, 5) is 27.9. The maximum atomic E-state index is 11.8. The first-order valence-corrected chi connectivity index (χ1v) is 13.0. The standard InChI is InChI=1S/C26H34N2O4S/c1-4-22-21(27-25(32-22)19-11-9-18(10-12-19)16(2)3)15-31-20-7-5-6-17(14-20)8-13-23-24(29)28-26(30)33-23/h9-12,16-17,20,23H,4-8,13-15H2,1-3H3,(H,28,29,30). The van der Waals surface area contributed by atoms with E-state index in [9.17, 15) is 9.59 Å². The molecule has 33 heavy (non-hydrogen) atoms. The van der Waals surface area contributed by atoms with Crippen LogP contribution in [0.2, 0.25) is 0 Å². The molecule has 0 bridgehead atoms. The van der Waals surface area contributed by atoms with Gasteiger partial charge in [0, 0.05) is 12.0 Å². The largest absolute Gasteiger partial charge is 0.441 e. The van der Waals surface area contributed by atoms with E-state index in [1.807, 2.05) is 0 Å². The van der Waals surface area contributed by atoms with Gasteiger partial charge < -0.3 is 9.15 Å². The summed E-state index contributed by atoms with van der Waals surface area (Å²) in [5.41, 5.74) is 3.18. The second-order valence-electron chi connectivity index (χ2n) is 9.45. The van der Waals surface area contributed by atoms with Crippen LogP contribution in [-0.2, 0) is 22.6 Å². The minimum absolute atomic E-state index is 0.138. The molecular formula is C26H34N2O4S. The Balaban J connectivity index is 1.31. The number of carbonyl (C=O) groups excluding carboxylic acids is 2. The van der Waals surface area contributed by atoms with E-state index in [1.165, 1.54) is 5.56 Å². The van der Waals surface area contributed by atoms with Crippen LogP contribution < -0.4 is 5.32 Å². The summed E-state index contributed by atoms with van der Waals surface area (Å²) in [5, 5.41) is 1.93. The topological polar surface area (TPSA) is 81.4 Å². The van der Waals surface area contributed by atoms with Gasteiger partial charge in [0.1, 0.15) is 11.5 Å². The van der Waals surface area contributed by atoms with E-state index >= 15 is 0 Å². The highest BCUT2D eigenvalue weighted by Gasteiger charge is 2.32. The number of thioether (sulfide) groups is 1. The van der Waals surface area contributed by atoms with Crippen molar-refractivity contribution in [2.75, 3.05) is 0 Å². The van der Waals surface area contributed by atoms with Crippen molar-refractivity contribution >= 4 is 22.9 Å². The van der Waals surface area contributed by atoms with Gasteiger partial charge in [0.2, 0.25) is 11.8 Å². The van der Waals surface area contributed by atoms with Gasteiger partial charge in [0.15, 0.2) is 0 Å². The molecule has 1 aromatic carbocycles. The lowest BCUT2D eigenvalue weighted by Gasteiger charge is -2.29. The summed E-state index contributed by atoms with van der Waals surface area (Å²) in [5.74, 6) is 2.44. The van der Waals surface area contributed by atoms with Crippen LogP contribution in [-0.4, -0.2) is 27.5 Å². The van der Waals surface area contributed by atoms with Gasteiger partial charge in [-0.05, 0) is 55.2 Å². The van der Waals surface area contributed by atoms with E-state index < -0.39 is 0 Å². The van der Waals surface area contributed by atoms with E-state index in [1.54, 1.807) is 0 Å². The molecule has 1 saturated heterocycles. The average molecular weight is 471 g/mol. The molecule has 2 amide bonds. The lowest BCUT2D eigenvalue weighted by atomic mass is 9.84. The molecule has 4 rings (SSSR count). The second-order valence-corrected chi connectivity index (χ2v) is 10.6. The molecule has 1 aliphatic carbocycles. The molecule has 7 heteroatoms. The monoisotopic (exact) mass is 470 g/mol. The highest BCUT2D eigenvalue weighted by atomic mass is 32.2. The number of rotatable bonds is 9. The van der Waals surface area contributed by atoms with Crippen LogP contribution in [0.15, 0.2) is 28.7 Å². The average Bonchev–Trinajstić information content (AvgIpc) is 3.38. The molecule has 6 nitrogen and oxygen atoms in total. The molecule has 1 aliphatic heterocycles. The predicted octanol–water partition coefficient (Wildman–Crippen LogP) is 6.23. The van der Waals surface area contributed by atoms with Gasteiger partial charge in [0.05, 0.1) is 18.0 Å². The van der Waals surface area contributed by atoms with Crippen molar-refractivity contribution in [3.05, 3.63) is 41.3 Å². The minimum Gasteiger partial charge on any atom is -0.441 e. The van der Waals surface area contributed by atoms with Gasteiger partial charge in [-0.3, -0.25) is 14.9 Å². The smallest absolute Gasteiger partial charge is 0.286 e. The lowest BCUT2D eigenvalue weighted by Crippen LogP contribution is -2.26. The molecule has 1 saturated carbocycles. The van der Waals surface area contributed by atoms with Gasteiger partial charge in [-0.1, -0.05) is 57.5 Å². The number of hydrogen-bond donors (Lipinski definition) is 1. The molecule has 2 aliphatic rings. The maximum absolute atomic E-state index is 11.8. The molecule has 2 heterocycles. The quantitative estimate of drug-likeness (QED) is 0.467. The third kappa shape index (κ3) is 6.07. The van der Waals surface area contributed by atoms with Crippen molar-refractivity contribution < 1.29 is 18.7 Å². The molecule has 178 valence electrons. The Morgan fingerprint density at radius 3 is 2.64 bits per heavy atom. The molecular weight excluding hydrogens is 436 g/mol. The summed E-state index contributed by atoms with van der Waals surface area (Å²) in [6.07, 6.45) is 7.03. The second kappa shape index (κ2) is 10.9. The van der Waals surface area contributed by atoms with E-state index in [4.69, 9.17) is 14.1 Å². The predicted molar refractivity (Wildman–Crippen MR) is 130 cm³/mol. The van der Waals surface area contributed by atoms with Crippen LogP contribution in [0.3, 0.4) is 0 Å². The molecule has 3 atom stereocenters. The van der Waals surface area contributed by atoms with E-state index in [0.717, 1.165) is 73.7 Å². The number of benzene rings is 1. The molecule has 1 aromatic heterocycles. The first-order chi connectivity index (χ1) is 15.9. The van der Waals surface area contributed by atoms with Crippen LogP contribution in [0, 0.1) is 5.92 Å². The molecule has 0 radical (unpaired) electrons. The number of hydrogen-bond acceptors (Lipinski definition) is 6. The Morgan fingerprint density at radius 2 is 1.97 bits per heavy atom. The third-order valence-electron chi connectivity index (χ3n) is 6.72. The molecule has 0 spiro atoms. The highest BCUT2D eigenvalue weighted by Crippen LogP contribution is 2.33. The molecule has 2 fully saturated rings. The zero-order valence-electron chi connectivity index (χ0n) is 19.8. The normalized spacial score (nSPS) is 23.3. The summed E-state index contributed by atoms with van der Waals surface area (Å²) >= 11 is 1.13. The highest BCUT2D eigenvalue weighted by molar-refractivity contribution is 8.15. The van der Waals surface area contributed by atoms with E-state index in [2.05, 4.69) is 50.4 Å². The maximum Gasteiger partial charge on any atom is 0.286 e. The van der Waals surface area contributed by atoms with Crippen molar-refractivity contribution in [1.29, 1.82) is 0 Å². The number of amides is 2. The minimum atomic E-state index is -0.228. The van der Waals surface area contributed by atoms with Gasteiger partial charge >= 0.3 is 0 Å². The lowest BCUT2D eigenvalue weighted by molar-refractivity contribution is -0.119. The van der Waals surface area contributed by atoms with Crippen molar-refractivity contribution in [1.82, 2.24) is 10.3 Å². The number of carbonyl (C=O) groups is 2. The summed E-state index contributed by atoms with van der Waals surface area (Å²) < 4.78 is 12.4. The Labute approximate surface area is 200 Å². The van der Waals surface area contributed by atoms with Gasteiger partial charge in [-0.25, -0.2) is 4.98 Å². The van der Waals surface area contributed by atoms with E-state index in [-0.39, 0.29) is 22.5 Å². The van der Waals surface area contributed by atoms with Crippen molar-refractivity contribution in [2.24, 2.45) is 5.92 Å². The molecule has 3 unspecified atom stereocenters. The van der Waals surface area contributed by atoms with Crippen LogP contribution in [0.4, 0.5) is 4.79 Å². The summed E-state index contributed by atoms with van der Waals surface area (Å²) in [6, 6.07) is 8.43. The number of ether oxygens (including phenoxy) is 1. The number of aromatic nitrogens is 1. The zero-order chi connectivity index (χ0) is 23.4. The van der Waals surface area contributed by atoms with Crippen molar-refractivity contribution in [3.8, 4) is 11.5 Å². The van der Waals surface area contributed by atoms with Gasteiger partial charge in [0.25, 0.3) is 5.24 Å². The Hall–Kier alpha value is -2.12. The number of oxazole rings is 1. The van der Waals surface area contributed by atoms with Crippen molar-refractivity contribution in [2.45, 2.75) is 89.6 Å². The number of nitrogens with zero attached hydrogens (tertiary/aromatic N) is 1. The zero-order valence-corrected chi connectivity index (χ0v) is 20.6. The first kappa shape index (κ1) is 24.0. The Kier molecular flexibility index (Phi) is 7.91. The first-order valence-electron chi connectivity index (χ1n) is 12.1. The van der Waals surface area contributed by atoms with Gasteiger partial charge in [-0.15, -0.1) is 0 Å². The molecule has 1 N–H and O–H groups in total. The summed E-state index contributed by atoms with van der Waals surface area (Å²) in [7, 11) is 0. The Morgan fingerprint density at radius 1 is 1.18 bits per heavy atom. The number of aryl methyl sites for hydroxylation is 1. The van der Waals surface area contributed by atoms with Crippen LogP contribution in [0.25, 0.3) is 11.5 Å². The van der Waals surface area contributed by atoms with Crippen LogP contribution in [0.1, 0.15) is 82.2 Å². The van der Waals surface area contributed by atoms with Gasteiger partial charge in [-0.2, -0.15) is 0 Å². The fourth-order valence-electron chi connectivity index (χ4n) is 4.73. The van der Waals surface area contributed by atoms with Crippen LogP contribution in [0.5, 0.6) is 0 Å². The van der Waals surface area contributed by atoms with E-state index in [0.29, 0.717) is 24.3 Å². The summed E-state index contributed by atoms with van der Waals surface area (Å²) in [6.45, 7) is 6.91. The Bertz CT molecular complexity index is 969. The SMILES string of the molecule is CCc1oc(-c2ccc(C(C)C)cc2)nc1COC1CCCC(CCC2SC(=O)NC2=O)C1. The van der Waals surface area contributed by atoms with Crippen LogP contribution >= 0.6 is 11.8 Å². The molecule has 2 aromatic rings. The third-order valence-corrected chi connectivity index (χ3v) is 7.77. The number of imide groups is 1.